The maximum absolute atomic E-state index is 12.3. The predicted molar refractivity (Wildman–Crippen MR) is 72.6 cm³/mol. The SMILES string of the molecule is COc1cc(OC)c(C(=O)NC2(CO)CC2)cc1OC. The summed E-state index contributed by atoms with van der Waals surface area (Å²) in [5, 5.41) is 12.1. The number of carbonyl (C=O) groups is 1. The van der Waals surface area contributed by atoms with E-state index in [1.54, 1.807) is 12.1 Å². The lowest BCUT2D eigenvalue weighted by Crippen LogP contribution is -2.39. The summed E-state index contributed by atoms with van der Waals surface area (Å²) in [7, 11) is 4.50. The Balaban J connectivity index is 2.31. The van der Waals surface area contributed by atoms with Crippen LogP contribution >= 0.6 is 0 Å². The quantitative estimate of drug-likeness (QED) is 0.812. The third kappa shape index (κ3) is 2.65. The average Bonchev–Trinajstić information content (AvgIpc) is 3.25. The number of rotatable bonds is 6. The monoisotopic (exact) mass is 281 g/mol. The number of methoxy groups -OCH3 is 3. The minimum absolute atomic E-state index is 0.0612. The van der Waals surface area contributed by atoms with E-state index in [1.165, 1.54) is 21.3 Å². The number of hydrogen-bond acceptors (Lipinski definition) is 5. The lowest BCUT2D eigenvalue weighted by atomic mass is 10.1. The fourth-order valence-corrected chi connectivity index (χ4v) is 1.99. The summed E-state index contributed by atoms with van der Waals surface area (Å²) in [5.41, 5.74) is -0.125. The normalized spacial score (nSPS) is 15.4. The first-order valence-electron chi connectivity index (χ1n) is 6.32. The summed E-state index contributed by atoms with van der Waals surface area (Å²) in [6.07, 6.45) is 1.57. The second-order valence-electron chi connectivity index (χ2n) is 4.80. The Morgan fingerprint density at radius 1 is 1.15 bits per heavy atom. The van der Waals surface area contributed by atoms with Gasteiger partial charge in [-0.25, -0.2) is 0 Å². The van der Waals surface area contributed by atoms with Gasteiger partial charge in [0, 0.05) is 12.1 Å². The first kappa shape index (κ1) is 14.5. The largest absolute Gasteiger partial charge is 0.496 e. The van der Waals surface area contributed by atoms with E-state index in [0.717, 1.165) is 12.8 Å². The van der Waals surface area contributed by atoms with Crippen LogP contribution in [0.4, 0.5) is 0 Å². The molecule has 2 rings (SSSR count). The van der Waals surface area contributed by atoms with Crippen LogP contribution in [-0.2, 0) is 0 Å². The minimum atomic E-state index is -0.477. The van der Waals surface area contributed by atoms with Gasteiger partial charge in [-0.15, -0.1) is 0 Å². The minimum Gasteiger partial charge on any atom is -0.496 e. The van der Waals surface area contributed by atoms with Crippen LogP contribution in [0.25, 0.3) is 0 Å². The van der Waals surface area contributed by atoms with Crippen LogP contribution in [0.5, 0.6) is 17.2 Å². The molecule has 1 aliphatic carbocycles. The Bertz CT molecular complexity index is 511. The van der Waals surface area contributed by atoms with Crippen LogP contribution in [0.1, 0.15) is 23.2 Å². The number of ether oxygens (including phenoxy) is 3. The molecule has 0 unspecified atom stereocenters. The number of benzene rings is 1. The molecule has 1 aromatic rings. The summed E-state index contributed by atoms with van der Waals surface area (Å²) in [6, 6.07) is 3.17. The second kappa shape index (κ2) is 5.58. The van der Waals surface area contributed by atoms with E-state index in [4.69, 9.17) is 14.2 Å². The first-order valence-corrected chi connectivity index (χ1v) is 6.32. The number of aliphatic hydroxyl groups excluding tert-OH is 1. The highest BCUT2D eigenvalue weighted by molar-refractivity contribution is 5.98. The van der Waals surface area contributed by atoms with E-state index in [2.05, 4.69) is 5.32 Å². The van der Waals surface area contributed by atoms with Crippen molar-refractivity contribution in [3.8, 4) is 17.2 Å². The van der Waals surface area contributed by atoms with Crippen LogP contribution in [0.15, 0.2) is 12.1 Å². The molecule has 1 amide bonds. The number of aliphatic hydroxyl groups is 1. The maximum atomic E-state index is 12.3. The molecule has 0 aromatic heterocycles. The van der Waals surface area contributed by atoms with E-state index in [9.17, 15) is 9.90 Å². The van der Waals surface area contributed by atoms with Crippen LogP contribution < -0.4 is 19.5 Å². The fourth-order valence-electron chi connectivity index (χ4n) is 1.99. The predicted octanol–water partition coefficient (Wildman–Crippen LogP) is 0.967. The fraction of sp³-hybridized carbons (Fsp3) is 0.500. The van der Waals surface area contributed by atoms with Gasteiger partial charge in [-0.3, -0.25) is 4.79 Å². The summed E-state index contributed by atoms with van der Waals surface area (Å²) < 4.78 is 15.6. The average molecular weight is 281 g/mol. The molecular weight excluding hydrogens is 262 g/mol. The second-order valence-corrected chi connectivity index (χ2v) is 4.80. The van der Waals surface area contributed by atoms with Crippen molar-refractivity contribution in [2.24, 2.45) is 0 Å². The Labute approximate surface area is 117 Å². The summed E-state index contributed by atoms with van der Waals surface area (Å²) >= 11 is 0. The Morgan fingerprint density at radius 2 is 1.70 bits per heavy atom. The zero-order chi connectivity index (χ0) is 14.8. The van der Waals surface area contributed by atoms with Crippen molar-refractivity contribution in [3.63, 3.8) is 0 Å². The highest BCUT2D eigenvalue weighted by Crippen LogP contribution is 2.37. The molecule has 0 atom stereocenters. The van der Waals surface area contributed by atoms with Crippen molar-refractivity contribution >= 4 is 5.91 Å². The molecule has 0 radical (unpaired) electrons. The molecule has 1 fully saturated rings. The highest BCUT2D eigenvalue weighted by Gasteiger charge is 2.43. The van der Waals surface area contributed by atoms with Crippen LogP contribution in [-0.4, -0.2) is 44.5 Å². The van der Waals surface area contributed by atoms with Crippen molar-refractivity contribution in [1.82, 2.24) is 5.32 Å². The Morgan fingerprint density at radius 3 is 2.15 bits per heavy atom. The number of hydrogen-bond donors (Lipinski definition) is 2. The Kier molecular flexibility index (Phi) is 4.04. The van der Waals surface area contributed by atoms with Gasteiger partial charge in [0.1, 0.15) is 5.75 Å². The molecule has 110 valence electrons. The lowest BCUT2D eigenvalue weighted by Gasteiger charge is -2.17. The van der Waals surface area contributed by atoms with Gasteiger partial charge in [-0.1, -0.05) is 0 Å². The number of amides is 1. The zero-order valence-electron chi connectivity index (χ0n) is 11.9. The number of nitrogens with one attached hydrogen (secondary N) is 1. The van der Waals surface area contributed by atoms with E-state index in [0.29, 0.717) is 22.8 Å². The van der Waals surface area contributed by atoms with Gasteiger partial charge in [-0.2, -0.15) is 0 Å². The summed E-state index contributed by atoms with van der Waals surface area (Å²) in [6.45, 7) is -0.0612. The van der Waals surface area contributed by atoms with E-state index in [1.807, 2.05) is 0 Å². The molecule has 0 bridgehead atoms. The van der Waals surface area contributed by atoms with Crippen LogP contribution in [0, 0.1) is 0 Å². The van der Waals surface area contributed by atoms with Crippen molar-refractivity contribution < 1.29 is 24.1 Å². The van der Waals surface area contributed by atoms with Gasteiger partial charge in [0.25, 0.3) is 5.91 Å². The van der Waals surface area contributed by atoms with Gasteiger partial charge < -0.3 is 24.6 Å². The molecule has 20 heavy (non-hydrogen) atoms. The molecule has 6 nitrogen and oxygen atoms in total. The summed E-state index contributed by atoms with van der Waals surface area (Å²) in [5.74, 6) is 1.04. The molecule has 1 aliphatic rings. The van der Waals surface area contributed by atoms with Gasteiger partial charge in [-0.05, 0) is 12.8 Å². The van der Waals surface area contributed by atoms with Crippen LogP contribution in [0.3, 0.4) is 0 Å². The standard InChI is InChI=1S/C14H19NO5/c1-18-10-7-12(20-3)11(19-2)6-9(10)13(17)15-14(8-16)4-5-14/h6-7,16H,4-5,8H2,1-3H3,(H,15,17). The molecule has 0 heterocycles. The molecule has 1 saturated carbocycles. The molecule has 2 N–H and O–H groups in total. The van der Waals surface area contributed by atoms with E-state index in [-0.39, 0.29) is 12.5 Å². The molecule has 0 spiro atoms. The molecule has 0 saturated heterocycles. The molecular formula is C14H19NO5. The summed E-state index contributed by atoms with van der Waals surface area (Å²) in [4.78, 5) is 12.3. The van der Waals surface area contributed by atoms with E-state index >= 15 is 0 Å². The van der Waals surface area contributed by atoms with Gasteiger partial charge in [0.2, 0.25) is 0 Å². The van der Waals surface area contributed by atoms with E-state index < -0.39 is 5.54 Å². The number of carbonyl (C=O) groups excluding carboxylic acids is 1. The van der Waals surface area contributed by atoms with Crippen molar-refractivity contribution in [1.29, 1.82) is 0 Å². The molecule has 6 heteroatoms. The van der Waals surface area contributed by atoms with Crippen LogP contribution in [0.2, 0.25) is 0 Å². The Hall–Kier alpha value is -1.95. The van der Waals surface area contributed by atoms with Gasteiger partial charge in [0.05, 0.1) is 39.0 Å². The van der Waals surface area contributed by atoms with Crippen molar-refractivity contribution in [3.05, 3.63) is 17.7 Å². The maximum Gasteiger partial charge on any atom is 0.255 e. The van der Waals surface area contributed by atoms with Crippen molar-refractivity contribution in [2.75, 3.05) is 27.9 Å². The lowest BCUT2D eigenvalue weighted by molar-refractivity contribution is 0.0903. The van der Waals surface area contributed by atoms with Gasteiger partial charge >= 0.3 is 0 Å². The highest BCUT2D eigenvalue weighted by atomic mass is 16.5. The molecule has 0 aliphatic heterocycles. The molecule has 1 aromatic carbocycles. The first-order chi connectivity index (χ1) is 9.59. The van der Waals surface area contributed by atoms with Gasteiger partial charge in [0.15, 0.2) is 11.5 Å². The third-order valence-corrected chi connectivity index (χ3v) is 3.49. The smallest absolute Gasteiger partial charge is 0.255 e. The topological polar surface area (TPSA) is 77.0 Å². The zero-order valence-corrected chi connectivity index (χ0v) is 11.9. The third-order valence-electron chi connectivity index (χ3n) is 3.49. The van der Waals surface area contributed by atoms with Crippen molar-refractivity contribution in [2.45, 2.75) is 18.4 Å².